The molecule has 0 aromatic carbocycles. The lowest BCUT2D eigenvalue weighted by Crippen LogP contribution is -2.44. The van der Waals surface area contributed by atoms with E-state index in [0.29, 0.717) is 18.6 Å². The van der Waals surface area contributed by atoms with Gasteiger partial charge in [0.2, 0.25) is 0 Å². The van der Waals surface area contributed by atoms with E-state index in [1.165, 1.54) is 19.3 Å². The molecule has 0 amide bonds. The van der Waals surface area contributed by atoms with E-state index < -0.39 is 0 Å². The summed E-state index contributed by atoms with van der Waals surface area (Å²) in [7, 11) is 0. The largest absolute Gasteiger partial charge is 0.396 e. The van der Waals surface area contributed by atoms with E-state index in [9.17, 15) is 0 Å². The third kappa shape index (κ3) is 0.789. The highest BCUT2D eigenvalue weighted by molar-refractivity contribution is 4.98. The minimum Gasteiger partial charge on any atom is -0.396 e. The highest BCUT2D eigenvalue weighted by Crippen LogP contribution is 2.48. The number of nitrogens with two attached hydrogens (primary N) is 1. The fourth-order valence-corrected chi connectivity index (χ4v) is 2.55. The molecule has 10 heavy (non-hydrogen) atoms. The zero-order valence-electron chi connectivity index (χ0n) is 6.16. The van der Waals surface area contributed by atoms with Crippen LogP contribution in [0, 0.1) is 17.8 Å². The molecule has 0 aromatic heterocycles. The van der Waals surface area contributed by atoms with Crippen molar-refractivity contribution in [1.82, 2.24) is 0 Å². The van der Waals surface area contributed by atoms with Gasteiger partial charge in [-0.05, 0) is 37.0 Å². The van der Waals surface area contributed by atoms with Crippen molar-refractivity contribution in [2.24, 2.45) is 23.5 Å². The molecular formula is C8H15NO. The van der Waals surface area contributed by atoms with Crippen LogP contribution < -0.4 is 5.73 Å². The van der Waals surface area contributed by atoms with E-state index in [4.69, 9.17) is 10.8 Å². The van der Waals surface area contributed by atoms with Crippen LogP contribution in [0.3, 0.4) is 0 Å². The molecule has 2 heteroatoms. The van der Waals surface area contributed by atoms with E-state index in [0.717, 1.165) is 11.8 Å². The maximum Gasteiger partial charge on any atom is 0.0459 e. The molecule has 0 radical (unpaired) electrons. The first kappa shape index (κ1) is 6.62. The van der Waals surface area contributed by atoms with Crippen molar-refractivity contribution in [3.63, 3.8) is 0 Å². The maximum absolute atomic E-state index is 8.87. The zero-order chi connectivity index (χ0) is 7.14. The normalized spacial score (nSPS) is 52.2. The van der Waals surface area contributed by atoms with Gasteiger partial charge in [-0.2, -0.15) is 0 Å². The Hall–Kier alpha value is -0.0800. The fourth-order valence-electron chi connectivity index (χ4n) is 2.55. The molecule has 0 saturated heterocycles. The molecule has 2 aliphatic carbocycles. The molecule has 2 unspecified atom stereocenters. The molecule has 4 atom stereocenters. The minimum atomic E-state index is 0.375. The molecule has 0 aromatic rings. The standard InChI is InChI=1S/C8H15NO/c9-8-3-6-1-5(4-10)2-7(6)8/h5-8,10H,1-4,9H2/t5?,6-,7-,8?/m0/s1. The summed E-state index contributed by atoms with van der Waals surface area (Å²) in [5.74, 6) is 2.20. The predicted octanol–water partition coefficient (Wildman–Crippen LogP) is 0.352. The van der Waals surface area contributed by atoms with Crippen LogP contribution in [0.25, 0.3) is 0 Å². The molecule has 58 valence electrons. The summed E-state index contributed by atoms with van der Waals surface area (Å²) < 4.78 is 0. The van der Waals surface area contributed by atoms with Crippen LogP contribution in [-0.4, -0.2) is 17.8 Å². The van der Waals surface area contributed by atoms with Gasteiger partial charge in [-0.3, -0.25) is 0 Å². The second-order valence-corrected chi connectivity index (χ2v) is 3.84. The highest BCUT2D eigenvalue weighted by atomic mass is 16.3. The van der Waals surface area contributed by atoms with Crippen LogP contribution >= 0.6 is 0 Å². The SMILES string of the molecule is NC1C[C@@H]2CC(CO)C[C@H]12. The Morgan fingerprint density at radius 3 is 2.60 bits per heavy atom. The topological polar surface area (TPSA) is 46.2 Å². The first-order valence-electron chi connectivity index (χ1n) is 4.17. The molecule has 2 saturated carbocycles. The summed E-state index contributed by atoms with van der Waals surface area (Å²) >= 11 is 0. The van der Waals surface area contributed by atoms with E-state index in [1.807, 2.05) is 0 Å². The number of hydrogen-bond donors (Lipinski definition) is 2. The molecule has 2 rings (SSSR count). The Balaban J connectivity index is 1.93. The Kier molecular flexibility index (Phi) is 1.46. The van der Waals surface area contributed by atoms with Gasteiger partial charge in [0.25, 0.3) is 0 Å². The molecular weight excluding hydrogens is 126 g/mol. The van der Waals surface area contributed by atoms with Crippen molar-refractivity contribution in [3.8, 4) is 0 Å². The second kappa shape index (κ2) is 2.21. The molecule has 0 aliphatic heterocycles. The highest BCUT2D eigenvalue weighted by Gasteiger charge is 2.45. The molecule has 3 N–H and O–H groups in total. The molecule has 0 heterocycles. The van der Waals surface area contributed by atoms with Gasteiger partial charge >= 0.3 is 0 Å². The summed E-state index contributed by atoms with van der Waals surface area (Å²) in [6.07, 6.45) is 3.62. The Morgan fingerprint density at radius 2 is 2.10 bits per heavy atom. The number of aliphatic hydroxyl groups excluding tert-OH is 1. The van der Waals surface area contributed by atoms with Crippen molar-refractivity contribution in [2.75, 3.05) is 6.61 Å². The Labute approximate surface area is 61.4 Å². The van der Waals surface area contributed by atoms with Crippen LogP contribution in [0.5, 0.6) is 0 Å². The van der Waals surface area contributed by atoms with Crippen molar-refractivity contribution in [3.05, 3.63) is 0 Å². The van der Waals surface area contributed by atoms with E-state index >= 15 is 0 Å². The lowest BCUT2D eigenvalue weighted by atomic mass is 9.72. The number of aliphatic hydroxyl groups is 1. The number of rotatable bonds is 1. The average molecular weight is 141 g/mol. The average Bonchev–Trinajstić information content (AvgIpc) is 2.26. The van der Waals surface area contributed by atoms with Crippen molar-refractivity contribution < 1.29 is 5.11 Å². The van der Waals surface area contributed by atoms with Gasteiger partial charge in [-0.15, -0.1) is 0 Å². The summed E-state index contributed by atoms with van der Waals surface area (Å²) in [4.78, 5) is 0. The number of hydrogen-bond acceptors (Lipinski definition) is 2. The van der Waals surface area contributed by atoms with Crippen molar-refractivity contribution >= 4 is 0 Å². The van der Waals surface area contributed by atoms with Crippen molar-refractivity contribution in [1.29, 1.82) is 0 Å². The van der Waals surface area contributed by atoms with Crippen LogP contribution in [-0.2, 0) is 0 Å². The lowest BCUT2D eigenvalue weighted by Gasteiger charge is -2.37. The second-order valence-electron chi connectivity index (χ2n) is 3.84. The quantitative estimate of drug-likeness (QED) is 0.553. The monoisotopic (exact) mass is 141 g/mol. The third-order valence-corrected chi connectivity index (χ3v) is 3.23. The van der Waals surface area contributed by atoms with Gasteiger partial charge in [0.15, 0.2) is 0 Å². The van der Waals surface area contributed by atoms with Crippen LogP contribution in [0.15, 0.2) is 0 Å². The summed E-state index contributed by atoms with van der Waals surface area (Å²) in [5, 5.41) is 8.87. The lowest BCUT2D eigenvalue weighted by molar-refractivity contribution is 0.173. The third-order valence-electron chi connectivity index (χ3n) is 3.23. The minimum absolute atomic E-state index is 0.375. The van der Waals surface area contributed by atoms with Gasteiger partial charge < -0.3 is 10.8 Å². The molecule has 2 aliphatic rings. The van der Waals surface area contributed by atoms with E-state index in [-0.39, 0.29) is 0 Å². The predicted molar refractivity (Wildman–Crippen MR) is 39.4 cm³/mol. The van der Waals surface area contributed by atoms with Crippen LogP contribution in [0.2, 0.25) is 0 Å². The summed E-state index contributed by atoms with van der Waals surface area (Å²) in [5.41, 5.74) is 5.80. The van der Waals surface area contributed by atoms with Gasteiger partial charge in [0.1, 0.15) is 0 Å². The Morgan fingerprint density at radius 1 is 1.30 bits per heavy atom. The molecule has 0 spiro atoms. The molecule has 2 nitrogen and oxygen atoms in total. The van der Waals surface area contributed by atoms with Crippen LogP contribution in [0.4, 0.5) is 0 Å². The van der Waals surface area contributed by atoms with Gasteiger partial charge in [0, 0.05) is 12.6 Å². The Bertz CT molecular complexity index is 137. The van der Waals surface area contributed by atoms with E-state index in [2.05, 4.69) is 0 Å². The smallest absolute Gasteiger partial charge is 0.0459 e. The molecule has 2 fully saturated rings. The maximum atomic E-state index is 8.87. The molecule has 0 bridgehead atoms. The van der Waals surface area contributed by atoms with Gasteiger partial charge in [-0.25, -0.2) is 0 Å². The number of fused-ring (bicyclic) bond motifs is 1. The summed E-state index contributed by atoms with van der Waals surface area (Å²) in [6, 6.07) is 0.460. The van der Waals surface area contributed by atoms with Gasteiger partial charge in [0.05, 0.1) is 0 Å². The fraction of sp³-hybridized carbons (Fsp3) is 1.00. The van der Waals surface area contributed by atoms with Crippen molar-refractivity contribution in [2.45, 2.75) is 25.3 Å². The zero-order valence-corrected chi connectivity index (χ0v) is 6.16. The summed E-state index contributed by atoms with van der Waals surface area (Å²) in [6.45, 7) is 0.375. The van der Waals surface area contributed by atoms with Gasteiger partial charge in [-0.1, -0.05) is 0 Å². The first-order valence-corrected chi connectivity index (χ1v) is 4.17. The van der Waals surface area contributed by atoms with Crippen LogP contribution in [0.1, 0.15) is 19.3 Å². The first-order chi connectivity index (χ1) is 4.81. The van der Waals surface area contributed by atoms with E-state index in [1.54, 1.807) is 0 Å².